The maximum atomic E-state index is 11.7. The van der Waals surface area contributed by atoms with Crippen molar-refractivity contribution in [3.63, 3.8) is 0 Å². The summed E-state index contributed by atoms with van der Waals surface area (Å²) >= 11 is 0. The van der Waals surface area contributed by atoms with Crippen LogP contribution >= 0.6 is 0 Å². The molecule has 10 heteroatoms. The third-order valence-corrected chi connectivity index (χ3v) is 2.76. The van der Waals surface area contributed by atoms with Crippen molar-refractivity contribution in [2.45, 2.75) is 0 Å². The van der Waals surface area contributed by atoms with Crippen molar-refractivity contribution in [2.75, 3.05) is 5.43 Å². The summed E-state index contributed by atoms with van der Waals surface area (Å²) in [6.07, 6.45) is 2.81. The Labute approximate surface area is 122 Å². The number of aromatic amines is 1. The van der Waals surface area contributed by atoms with Gasteiger partial charge in [-0.15, -0.1) is 0 Å². The molecule has 0 amide bonds. The minimum absolute atomic E-state index is 0.00350. The second-order valence-electron chi connectivity index (χ2n) is 4.22. The lowest BCUT2D eigenvalue weighted by Gasteiger charge is -1.98. The number of non-ortho nitro benzene ring substituents is 1. The predicted molar refractivity (Wildman–Crippen MR) is 77.9 cm³/mol. The molecule has 2 aromatic heterocycles. The predicted octanol–water partition coefficient (Wildman–Crippen LogP) is 0.772. The normalized spacial score (nSPS) is 11.1. The third-order valence-electron chi connectivity index (χ3n) is 2.76. The zero-order chi connectivity index (χ0) is 15.5. The number of benzene rings is 1. The van der Waals surface area contributed by atoms with Crippen molar-refractivity contribution in [3.8, 4) is 0 Å². The molecule has 0 fully saturated rings. The van der Waals surface area contributed by atoms with Crippen LogP contribution in [0.2, 0.25) is 0 Å². The standard InChI is InChI=1S/C12H9N7O3/c20-11-5-10(16-12-13-7-15-18(11)12)17-14-6-8-1-3-9(4-2-8)19(21)22/h1-7,17H,(H,13,15,16)/b14-6+. The van der Waals surface area contributed by atoms with Crippen LogP contribution in [0.3, 0.4) is 0 Å². The van der Waals surface area contributed by atoms with E-state index in [0.717, 1.165) is 0 Å². The average Bonchev–Trinajstić information content (AvgIpc) is 2.97. The van der Waals surface area contributed by atoms with Crippen LogP contribution in [0, 0.1) is 10.1 Å². The molecule has 1 aromatic carbocycles. The second kappa shape index (κ2) is 5.44. The van der Waals surface area contributed by atoms with Crippen molar-refractivity contribution in [1.29, 1.82) is 0 Å². The van der Waals surface area contributed by atoms with Gasteiger partial charge < -0.3 is 0 Å². The van der Waals surface area contributed by atoms with Crippen molar-refractivity contribution in [3.05, 3.63) is 62.7 Å². The quantitative estimate of drug-likeness (QED) is 0.415. The van der Waals surface area contributed by atoms with Gasteiger partial charge in [0.2, 0.25) is 0 Å². The molecule has 0 radical (unpaired) electrons. The molecule has 0 aliphatic carbocycles. The lowest BCUT2D eigenvalue weighted by atomic mass is 10.2. The van der Waals surface area contributed by atoms with Crippen LogP contribution < -0.4 is 11.0 Å². The van der Waals surface area contributed by atoms with E-state index in [1.807, 2.05) is 0 Å². The zero-order valence-corrected chi connectivity index (χ0v) is 11.0. The topological polar surface area (TPSA) is 131 Å². The van der Waals surface area contributed by atoms with E-state index in [-0.39, 0.29) is 22.8 Å². The van der Waals surface area contributed by atoms with E-state index in [2.05, 4.69) is 25.6 Å². The largest absolute Gasteiger partial charge is 0.278 e. The number of aromatic nitrogens is 4. The Morgan fingerprint density at radius 1 is 1.36 bits per heavy atom. The Balaban J connectivity index is 1.75. The van der Waals surface area contributed by atoms with Gasteiger partial charge in [-0.1, -0.05) is 0 Å². The van der Waals surface area contributed by atoms with Gasteiger partial charge in [0.1, 0.15) is 6.33 Å². The first-order chi connectivity index (χ1) is 10.6. The first kappa shape index (κ1) is 13.4. The Bertz CT molecular complexity index is 910. The van der Waals surface area contributed by atoms with Crippen molar-refractivity contribution < 1.29 is 4.92 Å². The van der Waals surface area contributed by atoms with E-state index in [1.165, 1.54) is 35.3 Å². The molecule has 0 spiro atoms. The van der Waals surface area contributed by atoms with Gasteiger partial charge >= 0.3 is 0 Å². The molecule has 10 nitrogen and oxygen atoms in total. The van der Waals surface area contributed by atoms with E-state index in [9.17, 15) is 14.9 Å². The Morgan fingerprint density at radius 2 is 2.14 bits per heavy atom. The molecule has 0 bridgehead atoms. The van der Waals surface area contributed by atoms with Crippen molar-refractivity contribution >= 4 is 23.5 Å². The molecule has 110 valence electrons. The molecular weight excluding hydrogens is 290 g/mol. The number of nitrogens with one attached hydrogen (secondary N) is 2. The minimum atomic E-state index is -0.477. The summed E-state index contributed by atoms with van der Waals surface area (Å²) in [5, 5.41) is 17.1. The van der Waals surface area contributed by atoms with Gasteiger partial charge in [-0.05, 0) is 17.7 Å². The zero-order valence-electron chi connectivity index (χ0n) is 11.0. The van der Waals surface area contributed by atoms with Crippen LogP contribution in [0.5, 0.6) is 0 Å². The van der Waals surface area contributed by atoms with Crippen LogP contribution in [-0.4, -0.2) is 30.7 Å². The highest BCUT2D eigenvalue weighted by Crippen LogP contribution is 2.10. The molecule has 0 saturated heterocycles. The highest BCUT2D eigenvalue weighted by atomic mass is 16.6. The van der Waals surface area contributed by atoms with Gasteiger partial charge in [-0.2, -0.15) is 14.6 Å². The van der Waals surface area contributed by atoms with E-state index < -0.39 is 4.92 Å². The summed E-state index contributed by atoms with van der Waals surface area (Å²) in [5.41, 5.74) is 2.95. The fraction of sp³-hybridized carbons (Fsp3) is 0. The number of fused-ring (bicyclic) bond motifs is 1. The fourth-order valence-electron chi connectivity index (χ4n) is 1.73. The number of H-pyrrole nitrogens is 1. The molecule has 22 heavy (non-hydrogen) atoms. The lowest BCUT2D eigenvalue weighted by molar-refractivity contribution is -0.384. The van der Waals surface area contributed by atoms with Crippen molar-refractivity contribution in [1.82, 2.24) is 19.6 Å². The van der Waals surface area contributed by atoms with Gasteiger partial charge in [-0.25, -0.2) is 4.98 Å². The van der Waals surface area contributed by atoms with Gasteiger partial charge in [0, 0.05) is 18.2 Å². The minimum Gasteiger partial charge on any atom is -0.278 e. The number of hydrogen-bond acceptors (Lipinski definition) is 7. The van der Waals surface area contributed by atoms with Crippen LogP contribution in [0.1, 0.15) is 5.56 Å². The van der Waals surface area contributed by atoms with Crippen LogP contribution in [-0.2, 0) is 0 Å². The molecule has 0 aliphatic rings. The monoisotopic (exact) mass is 299 g/mol. The smallest absolute Gasteiger partial charge is 0.276 e. The molecular formula is C12H9N7O3. The molecule has 0 atom stereocenters. The summed E-state index contributed by atoms with van der Waals surface area (Å²) in [6, 6.07) is 7.13. The number of hydrogen-bond donors (Lipinski definition) is 2. The van der Waals surface area contributed by atoms with Gasteiger partial charge in [0.15, 0.2) is 5.82 Å². The number of rotatable bonds is 4. The summed E-state index contributed by atoms with van der Waals surface area (Å²) < 4.78 is 1.19. The third kappa shape index (κ3) is 2.65. The lowest BCUT2D eigenvalue weighted by Crippen LogP contribution is -2.15. The van der Waals surface area contributed by atoms with Gasteiger partial charge in [0.05, 0.1) is 11.1 Å². The van der Waals surface area contributed by atoms with E-state index in [4.69, 9.17) is 0 Å². The molecule has 3 rings (SSSR count). The first-order valence-corrected chi connectivity index (χ1v) is 6.10. The first-order valence-electron chi connectivity index (χ1n) is 6.10. The van der Waals surface area contributed by atoms with Crippen LogP contribution in [0.25, 0.3) is 5.78 Å². The molecule has 3 aromatic rings. The molecule has 0 saturated carbocycles. The maximum absolute atomic E-state index is 11.7. The Hall–Kier alpha value is -3.56. The molecule has 2 N–H and O–H groups in total. The van der Waals surface area contributed by atoms with Gasteiger partial charge in [-0.3, -0.25) is 25.4 Å². The molecule has 2 heterocycles. The van der Waals surface area contributed by atoms with E-state index in [0.29, 0.717) is 5.56 Å². The van der Waals surface area contributed by atoms with Crippen LogP contribution in [0.4, 0.5) is 11.5 Å². The number of anilines is 1. The average molecular weight is 299 g/mol. The molecule has 0 unspecified atom stereocenters. The van der Waals surface area contributed by atoms with E-state index in [1.54, 1.807) is 12.1 Å². The van der Waals surface area contributed by atoms with Crippen LogP contribution in [0.15, 0.2) is 46.6 Å². The van der Waals surface area contributed by atoms with Crippen molar-refractivity contribution in [2.24, 2.45) is 5.10 Å². The van der Waals surface area contributed by atoms with E-state index >= 15 is 0 Å². The fourth-order valence-corrected chi connectivity index (χ4v) is 1.73. The summed E-state index contributed by atoms with van der Waals surface area (Å²) in [5.74, 6) is 0.468. The number of nitrogens with zero attached hydrogens (tertiary/aromatic N) is 5. The second-order valence-corrected chi connectivity index (χ2v) is 4.22. The molecule has 0 aliphatic heterocycles. The number of hydrazone groups is 1. The number of nitro benzene ring substituents is 1. The summed E-state index contributed by atoms with van der Waals surface area (Å²) in [4.78, 5) is 29.7. The Kier molecular flexibility index (Phi) is 3.32. The summed E-state index contributed by atoms with van der Waals surface area (Å²) in [6.45, 7) is 0. The number of nitro groups is 1. The Morgan fingerprint density at radius 3 is 2.86 bits per heavy atom. The highest BCUT2D eigenvalue weighted by molar-refractivity contribution is 5.80. The SMILES string of the molecule is O=c1cc(N/N=C/c2ccc([N+](=O)[O-])cc2)nc2nc[nH]n12. The van der Waals surface area contributed by atoms with Gasteiger partial charge in [0.25, 0.3) is 17.0 Å². The summed E-state index contributed by atoms with van der Waals surface area (Å²) in [7, 11) is 0. The highest BCUT2D eigenvalue weighted by Gasteiger charge is 2.04. The maximum Gasteiger partial charge on any atom is 0.276 e.